The van der Waals surface area contributed by atoms with Crippen molar-refractivity contribution >= 4 is 32.3 Å². The number of anilines is 2. The van der Waals surface area contributed by atoms with Gasteiger partial charge in [-0.05, 0) is 56.9 Å². The lowest BCUT2D eigenvalue weighted by molar-refractivity contribution is 0.323. The zero-order valence-electron chi connectivity index (χ0n) is 17.2. The monoisotopic (exact) mass is 425 g/mol. The number of hydrogen-bond acceptors (Lipinski definition) is 4. The molecule has 1 aliphatic heterocycles. The van der Waals surface area contributed by atoms with E-state index >= 15 is 0 Å². The topological polar surface area (TPSA) is 77.6 Å². The van der Waals surface area contributed by atoms with Crippen molar-refractivity contribution in [2.75, 3.05) is 28.9 Å². The molecule has 3 aromatic rings. The number of benzene rings is 2. The van der Waals surface area contributed by atoms with Gasteiger partial charge in [0.15, 0.2) is 0 Å². The second-order valence-electron chi connectivity index (χ2n) is 8.12. The van der Waals surface area contributed by atoms with Crippen LogP contribution in [0.5, 0.6) is 5.75 Å². The highest BCUT2D eigenvalue weighted by Crippen LogP contribution is 2.45. The van der Waals surface area contributed by atoms with Gasteiger partial charge in [0, 0.05) is 29.6 Å². The Kier molecular flexibility index (Phi) is 4.65. The summed E-state index contributed by atoms with van der Waals surface area (Å²) < 4.78 is 34.1. The van der Waals surface area contributed by atoms with E-state index in [0.29, 0.717) is 25.6 Å². The highest BCUT2D eigenvalue weighted by Gasteiger charge is 2.29. The van der Waals surface area contributed by atoms with E-state index in [0.717, 1.165) is 52.1 Å². The Hall–Kier alpha value is -2.67. The Labute approximate surface area is 177 Å². The first kappa shape index (κ1) is 19.3. The number of ether oxygens (including phenoxy) is 1. The van der Waals surface area contributed by atoms with Crippen LogP contribution in [0.1, 0.15) is 38.6 Å². The fourth-order valence-electron chi connectivity index (χ4n) is 4.61. The van der Waals surface area contributed by atoms with Crippen LogP contribution in [0.25, 0.3) is 22.2 Å². The van der Waals surface area contributed by atoms with Crippen molar-refractivity contribution in [1.82, 2.24) is 4.57 Å². The summed E-state index contributed by atoms with van der Waals surface area (Å²) >= 11 is 0. The molecule has 7 heteroatoms. The second kappa shape index (κ2) is 7.23. The van der Waals surface area contributed by atoms with Gasteiger partial charge in [-0.1, -0.05) is 12.1 Å². The molecular weight excluding hydrogens is 398 g/mol. The Morgan fingerprint density at radius 2 is 1.87 bits per heavy atom. The summed E-state index contributed by atoms with van der Waals surface area (Å²) in [4.78, 5) is 0. The molecule has 2 aromatic carbocycles. The normalized spacial score (nSPS) is 18.6. The molecule has 1 aromatic heterocycles. The predicted octanol–water partition coefficient (Wildman–Crippen LogP) is 4.55. The molecule has 2 heterocycles. The van der Waals surface area contributed by atoms with E-state index in [2.05, 4.69) is 10.6 Å². The van der Waals surface area contributed by atoms with Crippen LogP contribution in [0, 0.1) is 0 Å². The predicted molar refractivity (Wildman–Crippen MR) is 122 cm³/mol. The van der Waals surface area contributed by atoms with E-state index in [1.807, 2.05) is 43.3 Å². The van der Waals surface area contributed by atoms with Gasteiger partial charge in [-0.2, -0.15) is 0 Å². The molecule has 5 rings (SSSR count). The molecule has 2 aliphatic rings. The van der Waals surface area contributed by atoms with E-state index in [9.17, 15) is 8.42 Å². The summed E-state index contributed by atoms with van der Waals surface area (Å²) in [5, 5.41) is 1.03. The molecule has 0 amide bonds. The van der Waals surface area contributed by atoms with E-state index < -0.39 is 10.0 Å². The first-order chi connectivity index (χ1) is 14.5. The Morgan fingerprint density at radius 3 is 2.47 bits per heavy atom. The van der Waals surface area contributed by atoms with Gasteiger partial charge >= 0.3 is 0 Å². The molecule has 30 heavy (non-hydrogen) atoms. The maximum Gasteiger partial charge on any atom is 0.235 e. The van der Waals surface area contributed by atoms with Crippen LogP contribution in [0.2, 0.25) is 0 Å². The highest BCUT2D eigenvalue weighted by atomic mass is 32.2. The van der Waals surface area contributed by atoms with Gasteiger partial charge in [0.25, 0.3) is 0 Å². The van der Waals surface area contributed by atoms with Crippen molar-refractivity contribution in [1.29, 1.82) is 0 Å². The largest absolute Gasteiger partial charge is 0.494 e. The van der Waals surface area contributed by atoms with Gasteiger partial charge in [0.05, 0.1) is 34.9 Å². The minimum absolute atomic E-state index is 0.222. The fraction of sp³-hybridized carbons (Fsp3) is 0.391. The van der Waals surface area contributed by atoms with Crippen LogP contribution in [0.3, 0.4) is 0 Å². The third-order valence-electron chi connectivity index (χ3n) is 6.29. The number of nitrogen functional groups attached to an aromatic ring is 1. The standard InChI is InChI=1S/C23H27N3O3S/c1-2-29-19-11-12-20-21(15-19)26(18-5-3-6-18)23(22(20)24)16-7-9-17(10-8-16)25-13-4-14-30(25,27)28/h7-12,15,18H,2-6,13-14,24H2,1H3. The first-order valence-electron chi connectivity index (χ1n) is 10.7. The Balaban J connectivity index is 1.62. The maximum atomic E-state index is 12.3. The summed E-state index contributed by atoms with van der Waals surface area (Å²) in [6.45, 7) is 3.16. The summed E-state index contributed by atoms with van der Waals surface area (Å²) in [7, 11) is -3.18. The lowest BCUT2D eigenvalue weighted by Crippen LogP contribution is -2.24. The number of nitrogens with two attached hydrogens (primary N) is 1. The van der Waals surface area contributed by atoms with Crippen LogP contribution >= 0.6 is 0 Å². The van der Waals surface area contributed by atoms with Crippen molar-refractivity contribution in [3.05, 3.63) is 42.5 Å². The molecular formula is C23H27N3O3S. The lowest BCUT2D eigenvalue weighted by Gasteiger charge is -2.30. The van der Waals surface area contributed by atoms with Gasteiger partial charge in [-0.15, -0.1) is 0 Å². The molecule has 2 fully saturated rings. The summed E-state index contributed by atoms with van der Waals surface area (Å²) in [6.07, 6.45) is 4.17. The van der Waals surface area contributed by atoms with Crippen LogP contribution < -0.4 is 14.8 Å². The molecule has 158 valence electrons. The number of rotatable bonds is 5. The number of nitrogens with zero attached hydrogens (tertiary/aromatic N) is 2. The molecule has 0 unspecified atom stereocenters. The zero-order valence-corrected chi connectivity index (χ0v) is 18.0. The van der Waals surface area contributed by atoms with Crippen LogP contribution in [0.4, 0.5) is 11.4 Å². The molecule has 2 N–H and O–H groups in total. The van der Waals surface area contributed by atoms with Crippen molar-refractivity contribution in [3.8, 4) is 17.0 Å². The van der Waals surface area contributed by atoms with Gasteiger partial charge < -0.3 is 15.0 Å². The minimum Gasteiger partial charge on any atom is -0.494 e. The van der Waals surface area contributed by atoms with Gasteiger partial charge in [0.2, 0.25) is 10.0 Å². The van der Waals surface area contributed by atoms with Crippen molar-refractivity contribution in [2.24, 2.45) is 0 Å². The second-order valence-corrected chi connectivity index (χ2v) is 10.1. The number of aromatic nitrogens is 1. The van der Waals surface area contributed by atoms with Gasteiger partial charge in [-0.25, -0.2) is 8.42 Å². The Morgan fingerprint density at radius 1 is 1.10 bits per heavy atom. The SMILES string of the molecule is CCOc1ccc2c(N)c(-c3ccc(N4CCCS4(=O)=O)cc3)n(C3CCC3)c2c1. The molecule has 0 atom stereocenters. The first-order valence-corrected chi connectivity index (χ1v) is 12.3. The van der Waals surface area contributed by atoms with E-state index in [4.69, 9.17) is 10.5 Å². The molecule has 1 saturated heterocycles. The minimum atomic E-state index is -3.18. The van der Waals surface area contributed by atoms with E-state index in [1.54, 1.807) is 0 Å². The van der Waals surface area contributed by atoms with E-state index in [-0.39, 0.29) is 5.75 Å². The number of fused-ring (bicyclic) bond motifs is 1. The van der Waals surface area contributed by atoms with Gasteiger partial charge in [0.1, 0.15) is 5.75 Å². The summed E-state index contributed by atoms with van der Waals surface area (Å²) in [5.74, 6) is 1.07. The van der Waals surface area contributed by atoms with E-state index in [1.165, 1.54) is 10.7 Å². The lowest BCUT2D eigenvalue weighted by atomic mass is 9.92. The average molecular weight is 426 g/mol. The molecule has 1 aliphatic carbocycles. The van der Waals surface area contributed by atoms with Crippen molar-refractivity contribution in [3.63, 3.8) is 0 Å². The highest BCUT2D eigenvalue weighted by molar-refractivity contribution is 7.93. The van der Waals surface area contributed by atoms with Crippen molar-refractivity contribution < 1.29 is 13.2 Å². The smallest absolute Gasteiger partial charge is 0.235 e. The summed E-state index contributed by atoms with van der Waals surface area (Å²) in [5.41, 5.74) is 11.3. The van der Waals surface area contributed by atoms with Gasteiger partial charge in [-0.3, -0.25) is 4.31 Å². The molecule has 0 spiro atoms. The third kappa shape index (κ3) is 3.03. The molecule has 1 saturated carbocycles. The van der Waals surface area contributed by atoms with Crippen LogP contribution in [-0.2, 0) is 10.0 Å². The number of hydrogen-bond donors (Lipinski definition) is 1. The summed E-state index contributed by atoms with van der Waals surface area (Å²) in [6, 6.07) is 14.3. The quantitative estimate of drug-likeness (QED) is 0.650. The average Bonchev–Trinajstić information content (AvgIpc) is 3.18. The number of sulfonamides is 1. The molecule has 0 bridgehead atoms. The van der Waals surface area contributed by atoms with Crippen LogP contribution in [-0.4, -0.2) is 31.9 Å². The van der Waals surface area contributed by atoms with Crippen LogP contribution in [0.15, 0.2) is 42.5 Å². The van der Waals surface area contributed by atoms with Crippen molar-refractivity contribution in [2.45, 2.75) is 38.6 Å². The maximum absolute atomic E-state index is 12.3. The third-order valence-corrected chi connectivity index (χ3v) is 8.16. The Bertz CT molecular complexity index is 1190. The zero-order chi connectivity index (χ0) is 20.9. The fourth-order valence-corrected chi connectivity index (χ4v) is 6.17. The molecule has 6 nitrogen and oxygen atoms in total. The molecule has 0 radical (unpaired) electrons.